The molecule has 0 radical (unpaired) electrons. The second-order valence-electron chi connectivity index (χ2n) is 8.13. The molecule has 2 aromatic carbocycles. The highest BCUT2D eigenvalue weighted by molar-refractivity contribution is 6.31. The number of anilines is 3. The number of amides is 1. The van der Waals surface area contributed by atoms with E-state index in [1.54, 1.807) is 18.2 Å². The van der Waals surface area contributed by atoms with Crippen molar-refractivity contribution in [2.75, 3.05) is 37.5 Å². The van der Waals surface area contributed by atoms with Gasteiger partial charge in [-0.2, -0.15) is 0 Å². The summed E-state index contributed by atoms with van der Waals surface area (Å²) in [7, 11) is 1.53. The van der Waals surface area contributed by atoms with Crippen molar-refractivity contribution in [1.82, 2.24) is 14.9 Å². The molecule has 0 aliphatic carbocycles. The minimum atomic E-state index is -0.506. The molecule has 2 fully saturated rings. The van der Waals surface area contributed by atoms with Gasteiger partial charge in [0.2, 0.25) is 5.91 Å². The molecular weight excluding hydrogens is 461 g/mol. The largest absolute Gasteiger partial charge is 0.494 e. The van der Waals surface area contributed by atoms with E-state index in [0.29, 0.717) is 52.5 Å². The van der Waals surface area contributed by atoms with Gasteiger partial charge in [0.15, 0.2) is 0 Å². The van der Waals surface area contributed by atoms with Gasteiger partial charge in [0.25, 0.3) is 0 Å². The number of aromatic nitrogens is 2. The van der Waals surface area contributed by atoms with Crippen LogP contribution in [0.3, 0.4) is 0 Å². The Kier molecular flexibility index (Phi) is 6.32. The van der Waals surface area contributed by atoms with Crippen LogP contribution in [0, 0.1) is 5.82 Å². The van der Waals surface area contributed by atoms with E-state index in [9.17, 15) is 9.18 Å². The maximum absolute atomic E-state index is 13.5. The SMILES string of the molecule is COc1cc2ncnc(Nc3ccc(F)c(Cl)c3)c2cc1NC(=O)C=CCN1C2CCOCC21. The highest BCUT2D eigenvalue weighted by Crippen LogP contribution is 2.35. The molecule has 0 saturated carbocycles. The summed E-state index contributed by atoms with van der Waals surface area (Å²) in [5, 5.41) is 6.64. The fourth-order valence-corrected chi connectivity index (χ4v) is 4.43. The number of hydrogen-bond donors (Lipinski definition) is 2. The zero-order valence-electron chi connectivity index (χ0n) is 18.4. The number of halogens is 2. The first-order chi connectivity index (χ1) is 16.5. The summed E-state index contributed by atoms with van der Waals surface area (Å²) in [6, 6.07) is 8.82. The van der Waals surface area contributed by atoms with Gasteiger partial charge in [-0.25, -0.2) is 14.4 Å². The lowest BCUT2D eigenvalue weighted by atomic mass is 10.1. The van der Waals surface area contributed by atoms with Crippen LogP contribution in [0.25, 0.3) is 10.9 Å². The Hall–Kier alpha value is -3.27. The summed E-state index contributed by atoms with van der Waals surface area (Å²) < 4.78 is 24.4. The van der Waals surface area contributed by atoms with Gasteiger partial charge in [0.05, 0.1) is 29.9 Å². The van der Waals surface area contributed by atoms with Gasteiger partial charge in [-0.05, 0) is 30.7 Å². The molecule has 8 nitrogen and oxygen atoms in total. The first kappa shape index (κ1) is 22.5. The van der Waals surface area contributed by atoms with Crippen LogP contribution < -0.4 is 15.4 Å². The molecule has 0 spiro atoms. The molecule has 2 N–H and O–H groups in total. The fraction of sp³-hybridized carbons (Fsp3) is 0.292. The summed E-state index contributed by atoms with van der Waals surface area (Å²) in [5.74, 6) is 0.175. The quantitative estimate of drug-likeness (QED) is 0.385. The topological polar surface area (TPSA) is 88.4 Å². The number of carbonyl (C=O) groups is 1. The van der Waals surface area contributed by atoms with E-state index >= 15 is 0 Å². The summed E-state index contributed by atoms with van der Waals surface area (Å²) in [6.07, 6.45) is 5.83. The van der Waals surface area contributed by atoms with E-state index in [1.807, 2.05) is 6.08 Å². The summed E-state index contributed by atoms with van der Waals surface area (Å²) in [5.41, 5.74) is 1.66. The van der Waals surface area contributed by atoms with Crippen molar-refractivity contribution in [2.24, 2.45) is 0 Å². The number of fused-ring (bicyclic) bond motifs is 2. The third-order valence-corrected chi connectivity index (χ3v) is 6.32. The third kappa shape index (κ3) is 4.68. The number of benzene rings is 2. The number of nitrogens with one attached hydrogen (secondary N) is 2. The Morgan fingerprint density at radius 3 is 2.97 bits per heavy atom. The molecule has 3 heterocycles. The lowest BCUT2D eigenvalue weighted by Gasteiger charge is -2.13. The summed E-state index contributed by atoms with van der Waals surface area (Å²) >= 11 is 5.89. The van der Waals surface area contributed by atoms with Crippen molar-refractivity contribution in [3.63, 3.8) is 0 Å². The maximum atomic E-state index is 13.5. The molecular formula is C24H23ClFN5O3. The van der Waals surface area contributed by atoms with Crippen LogP contribution in [-0.2, 0) is 9.53 Å². The number of rotatable bonds is 7. The van der Waals surface area contributed by atoms with Crippen LogP contribution >= 0.6 is 11.6 Å². The molecule has 1 aromatic heterocycles. The Morgan fingerprint density at radius 1 is 1.32 bits per heavy atom. The van der Waals surface area contributed by atoms with E-state index in [4.69, 9.17) is 21.1 Å². The first-order valence-electron chi connectivity index (χ1n) is 10.9. The molecule has 2 saturated heterocycles. The predicted octanol–water partition coefficient (Wildman–Crippen LogP) is 4.14. The van der Waals surface area contributed by atoms with Crippen LogP contribution in [0.5, 0.6) is 5.75 Å². The van der Waals surface area contributed by atoms with Crippen LogP contribution in [0.2, 0.25) is 5.02 Å². The third-order valence-electron chi connectivity index (χ3n) is 6.04. The van der Waals surface area contributed by atoms with Gasteiger partial charge in [-0.3, -0.25) is 9.69 Å². The first-order valence-corrected chi connectivity index (χ1v) is 11.3. The Balaban J connectivity index is 1.33. The monoisotopic (exact) mass is 483 g/mol. The van der Waals surface area contributed by atoms with Gasteiger partial charge >= 0.3 is 0 Å². The maximum Gasteiger partial charge on any atom is 0.248 e. The van der Waals surface area contributed by atoms with E-state index in [0.717, 1.165) is 19.6 Å². The number of nitrogens with zero attached hydrogens (tertiary/aromatic N) is 3. The lowest BCUT2D eigenvalue weighted by molar-refractivity contribution is -0.111. The van der Waals surface area contributed by atoms with Gasteiger partial charge in [-0.15, -0.1) is 0 Å². The molecule has 3 aromatic rings. The molecule has 3 unspecified atom stereocenters. The van der Waals surface area contributed by atoms with E-state index < -0.39 is 5.82 Å². The van der Waals surface area contributed by atoms with Crippen molar-refractivity contribution in [3.8, 4) is 5.75 Å². The minimum Gasteiger partial charge on any atom is -0.494 e. The highest BCUT2D eigenvalue weighted by atomic mass is 35.5. The van der Waals surface area contributed by atoms with Crippen LogP contribution in [-0.4, -0.2) is 59.7 Å². The smallest absolute Gasteiger partial charge is 0.248 e. The van der Waals surface area contributed by atoms with Crippen LogP contribution in [0.1, 0.15) is 6.42 Å². The standard InChI is InChI=1S/C24H23ClFN5O3/c1-33-22-11-18-15(24(28-13-27-18)29-14-4-5-17(26)16(25)9-14)10-19(22)30-23(32)3-2-7-31-20-6-8-34-12-21(20)31/h2-5,9-11,13,20-21H,6-8,12H2,1H3,(H,30,32)(H,27,28,29). The molecule has 5 rings (SSSR count). The van der Waals surface area contributed by atoms with Gasteiger partial charge in [-0.1, -0.05) is 17.7 Å². The fourth-order valence-electron chi connectivity index (χ4n) is 4.25. The highest BCUT2D eigenvalue weighted by Gasteiger charge is 2.48. The molecule has 10 heteroatoms. The van der Waals surface area contributed by atoms with Crippen LogP contribution in [0.15, 0.2) is 48.8 Å². The van der Waals surface area contributed by atoms with Crippen molar-refractivity contribution >= 4 is 45.6 Å². The van der Waals surface area contributed by atoms with Crippen molar-refractivity contribution in [3.05, 3.63) is 59.7 Å². The normalized spacial score (nSPS) is 21.3. The molecule has 2 aliphatic heterocycles. The number of hydrogen-bond acceptors (Lipinski definition) is 7. The van der Waals surface area contributed by atoms with Gasteiger partial charge < -0.3 is 20.1 Å². The molecule has 1 amide bonds. The Morgan fingerprint density at radius 2 is 2.21 bits per heavy atom. The predicted molar refractivity (Wildman–Crippen MR) is 128 cm³/mol. The molecule has 2 aliphatic rings. The summed E-state index contributed by atoms with van der Waals surface area (Å²) in [4.78, 5) is 23.5. The van der Waals surface area contributed by atoms with Gasteiger partial charge in [0.1, 0.15) is 23.7 Å². The van der Waals surface area contributed by atoms with Crippen LogP contribution in [0.4, 0.5) is 21.6 Å². The number of methoxy groups -OCH3 is 1. The minimum absolute atomic E-state index is 0.000859. The Bertz CT molecular complexity index is 1260. The van der Waals surface area contributed by atoms with E-state index in [-0.39, 0.29) is 10.9 Å². The molecule has 0 bridgehead atoms. The molecule has 176 valence electrons. The van der Waals surface area contributed by atoms with Crippen molar-refractivity contribution < 1.29 is 18.7 Å². The Labute approximate surface area is 200 Å². The average Bonchev–Trinajstić information content (AvgIpc) is 3.54. The number of ether oxygens (including phenoxy) is 2. The number of carbonyl (C=O) groups excluding carboxylic acids is 1. The van der Waals surface area contributed by atoms with E-state index in [2.05, 4.69) is 25.5 Å². The second kappa shape index (κ2) is 9.54. The zero-order valence-corrected chi connectivity index (χ0v) is 19.2. The lowest BCUT2D eigenvalue weighted by Crippen LogP contribution is -2.13. The average molecular weight is 484 g/mol. The van der Waals surface area contributed by atoms with Crippen molar-refractivity contribution in [2.45, 2.75) is 18.5 Å². The molecule has 3 atom stereocenters. The molecule has 34 heavy (non-hydrogen) atoms. The van der Waals surface area contributed by atoms with Crippen molar-refractivity contribution in [1.29, 1.82) is 0 Å². The van der Waals surface area contributed by atoms with Gasteiger partial charge in [0, 0.05) is 48.5 Å². The summed E-state index contributed by atoms with van der Waals surface area (Å²) in [6.45, 7) is 2.28. The zero-order chi connectivity index (χ0) is 23.7. The van der Waals surface area contributed by atoms with E-state index in [1.165, 1.54) is 31.6 Å². The second-order valence-corrected chi connectivity index (χ2v) is 8.54.